The van der Waals surface area contributed by atoms with E-state index < -0.39 is 0 Å². The molecule has 0 saturated carbocycles. The van der Waals surface area contributed by atoms with Crippen LogP contribution in [0.4, 0.5) is 11.6 Å². The van der Waals surface area contributed by atoms with Crippen LogP contribution in [0.15, 0.2) is 100 Å². The van der Waals surface area contributed by atoms with Gasteiger partial charge in [-0.2, -0.15) is 4.98 Å². The van der Waals surface area contributed by atoms with Gasteiger partial charge < -0.3 is 19.5 Å². The lowest BCUT2D eigenvalue weighted by Gasteiger charge is -2.30. The number of hydrogen-bond acceptors (Lipinski definition) is 8. The summed E-state index contributed by atoms with van der Waals surface area (Å²) in [6.07, 6.45) is 10.2. The van der Waals surface area contributed by atoms with Gasteiger partial charge in [0.05, 0.1) is 30.3 Å². The molecule has 1 fully saturated rings. The molecular weight excluding hydrogens is 576 g/mol. The van der Waals surface area contributed by atoms with Crippen LogP contribution in [0.25, 0.3) is 16.7 Å². The Morgan fingerprint density at radius 2 is 1.91 bits per heavy atom. The Kier molecular flexibility index (Phi) is 8.14. The summed E-state index contributed by atoms with van der Waals surface area (Å²) in [7, 11) is 2.13. The lowest BCUT2D eigenvalue weighted by molar-refractivity contribution is 0.104. The Hall–Kier alpha value is -5.53. The molecule has 7 rings (SSSR count). The number of nitrogens with one attached hydrogen (secondary N) is 1. The number of imidazole rings is 1. The number of ether oxygens (including phenoxy) is 1. The number of likely N-dealkylation sites (N-methyl/N-ethyl adjacent to an activating group) is 1. The van der Waals surface area contributed by atoms with Crippen molar-refractivity contribution in [1.82, 2.24) is 29.0 Å². The highest BCUT2D eigenvalue weighted by molar-refractivity contribution is 5.78. The van der Waals surface area contributed by atoms with Crippen molar-refractivity contribution in [2.75, 3.05) is 25.5 Å². The van der Waals surface area contributed by atoms with Crippen molar-refractivity contribution in [2.45, 2.75) is 38.8 Å². The van der Waals surface area contributed by atoms with E-state index in [0.29, 0.717) is 28.2 Å². The van der Waals surface area contributed by atoms with Crippen molar-refractivity contribution < 1.29 is 4.74 Å². The Bertz CT molecular complexity index is 2070. The third-order valence-corrected chi connectivity index (χ3v) is 8.23. The summed E-state index contributed by atoms with van der Waals surface area (Å²) in [5, 5.41) is 3.99. The van der Waals surface area contributed by atoms with E-state index in [9.17, 15) is 4.79 Å². The second-order valence-electron chi connectivity index (χ2n) is 11.7. The normalized spacial score (nSPS) is 16.4. The number of likely N-dealkylation sites (tertiary alicyclic amines) is 1. The van der Waals surface area contributed by atoms with E-state index in [0.717, 1.165) is 60.7 Å². The summed E-state index contributed by atoms with van der Waals surface area (Å²) in [6, 6.07) is 19.5. The van der Waals surface area contributed by atoms with E-state index in [-0.39, 0.29) is 18.2 Å². The van der Waals surface area contributed by atoms with Crippen LogP contribution in [0.3, 0.4) is 0 Å². The van der Waals surface area contributed by atoms with Gasteiger partial charge in [-0.05, 0) is 87.3 Å². The third-order valence-electron chi connectivity index (χ3n) is 8.23. The summed E-state index contributed by atoms with van der Waals surface area (Å²) in [5.74, 6) is 7.37. The predicted molar refractivity (Wildman–Crippen MR) is 180 cm³/mol. The SMILES string of the molecule is CC1=C(C#Cc2cc3cnc(Nc4ccc(OC5CCCN(C)C5)cc4)nc3n(Cc3cncn3-c3ccccc3)c2=O)N=CC1. The molecule has 2 aromatic carbocycles. The number of benzene rings is 2. The Balaban J connectivity index is 1.22. The molecule has 0 bridgehead atoms. The summed E-state index contributed by atoms with van der Waals surface area (Å²) < 4.78 is 9.82. The molecule has 3 aromatic heterocycles. The molecule has 5 aromatic rings. The van der Waals surface area contributed by atoms with Gasteiger partial charge in [-0.25, -0.2) is 9.97 Å². The minimum Gasteiger partial charge on any atom is -0.489 e. The number of fused-ring (bicyclic) bond motifs is 1. The number of hydrogen-bond donors (Lipinski definition) is 1. The quantitative estimate of drug-likeness (QED) is 0.248. The van der Waals surface area contributed by atoms with Crippen molar-refractivity contribution in [3.8, 4) is 23.3 Å². The van der Waals surface area contributed by atoms with Gasteiger partial charge in [-0.15, -0.1) is 0 Å². The lowest BCUT2D eigenvalue weighted by Crippen LogP contribution is -2.38. The van der Waals surface area contributed by atoms with Crippen molar-refractivity contribution in [3.05, 3.63) is 112 Å². The Morgan fingerprint density at radius 1 is 1.07 bits per heavy atom. The maximum Gasteiger partial charge on any atom is 0.268 e. The number of rotatable bonds is 7. The monoisotopic (exact) mass is 610 g/mol. The molecule has 230 valence electrons. The van der Waals surface area contributed by atoms with Crippen LogP contribution in [0.2, 0.25) is 0 Å². The van der Waals surface area contributed by atoms with E-state index in [2.05, 4.69) is 44.1 Å². The minimum absolute atomic E-state index is 0.192. The van der Waals surface area contributed by atoms with Gasteiger partial charge in [-0.3, -0.25) is 14.4 Å². The number of aromatic nitrogens is 5. The number of piperidine rings is 1. The van der Waals surface area contributed by atoms with E-state index in [1.54, 1.807) is 29.4 Å². The number of nitrogens with zero attached hydrogens (tertiary/aromatic N) is 7. The molecule has 5 heterocycles. The number of aliphatic imine (C=N–C) groups is 1. The van der Waals surface area contributed by atoms with Crippen molar-refractivity contribution in [1.29, 1.82) is 0 Å². The fraction of sp³-hybridized carbons (Fsp3) is 0.250. The van der Waals surface area contributed by atoms with Crippen LogP contribution < -0.4 is 15.6 Å². The molecular formula is C36H34N8O2. The van der Waals surface area contributed by atoms with Crippen LogP contribution >= 0.6 is 0 Å². The number of allylic oxidation sites excluding steroid dienone is 2. The third kappa shape index (κ3) is 6.32. The highest BCUT2D eigenvalue weighted by atomic mass is 16.5. The molecule has 2 aliphatic rings. The van der Waals surface area contributed by atoms with E-state index in [4.69, 9.17) is 9.72 Å². The first-order chi connectivity index (χ1) is 22.5. The molecule has 1 N–H and O–H groups in total. The summed E-state index contributed by atoms with van der Waals surface area (Å²) in [6.45, 7) is 4.27. The zero-order valence-electron chi connectivity index (χ0n) is 25.8. The van der Waals surface area contributed by atoms with Gasteiger partial charge in [0, 0.05) is 42.1 Å². The summed E-state index contributed by atoms with van der Waals surface area (Å²) >= 11 is 0. The average Bonchev–Trinajstić information content (AvgIpc) is 3.71. The molecule has 0 radical (unpaired) electrons. The van der Waals surface area contributed by atoms with E-state index in [1.165, 1.54) is 0 Å². The second kappa shape index (κ2) is 12.8. The van der Waals surface area contributed by atoms with Gasteiger partial charge in [0.15, 0.2) is 0 Å². The maximum absolute atomic E-state index is 14.0. The molecule has 0 aliphatic carbocycles. The molecule has 0 spiro atoms. The second-order valence-corrected chi connectivity index (χ2v) is 11.7. The Morgan fingerprint density at radius 3 is 2.70 bits per heavy atom. The lowest BCUT2D eigenvalue weighted by atomic mass is 10.1. The highest BCUT2D eigenvalue weighted by Crippen LogP contribution is 2.23. The first-order valence-electron chi connectivity index (χ1n) is 15.4. The van der Waals surface area contributed by atoms with Crippen molar-refractivity contribution in [3.63, 3.8) is 0 Å². The molecule has 2 aliphatic heterocycles. The molecule has 46 heavy (non-hydrogen) atoms. The van der Waals surface area contributed by atoms with Gasteiger partial charge in [-0.1, -0.05) is 24.1 Å². The number of para-hydroxylation sites is 1. The fourth-order valence-electron chi connectivity index (χ4n) is 5.78. The predicted octanol–water partition coefficient (Wildman–Crippen LogP) is 5.34. The highest BCUT2D eigenvalue weighted by Gasteiger charge is 2.19. The first-order valence-corrected chi connectivity index (χ1v) is 15.4. The van der Waals surface area contributed by atoms with Crippen LogP contribution in [0.5, 0.6) is 5.75 Å². The van der Waals surface area contributed by atoms with Gasteiger partial charge in [0.2, 0.25) is 5.95 Å². The zero-order chi connectivity index (χ0) is 31.5. The molecule has 10 nitrogen and oxygen atoms in total. The number of pyridine rings is 1. The van der Waals surface area contributed by atoms with Gasteiger partial charge >= 0.3 is 0 Å². The van der Waals surface area contributed by atoms with Crippen LogP contribution in [0, 0.1) is 11.8 Å². The Labute approximate surface area is 267 Å². The van der Waals surface area contributed by atoms with Crippen molar-refractivity contribution >= 4 is 28.9 Å². The van der Waals surface area contributed by atoms with E-state index >= 15 is 0 Å². The summed E-state index contributed by atoms with van der Waals surface area (Å²) in [4.78, 5) is 34.5. The molecule has 1 saturated heterocycles. The summed E-state index contributed by atoms with van der Waals surface area (Å²) in [5.41, 5.74) is 4.96. The zero-order valence-corrected chi connectivity index (χ0v) is 25.8. The van der Waals surface area contributed by atoms with Crippen LogP contribution in [0.1, 0.15) is 37.4 Å². The van der Waals surface area contributed by atoms with Crippen molar-refractivity contribution in [2.24, 2.45) is 4.99 Å². The van der Waals surface area contributed by atoms with Crippen LogP contribution in [-0.4, -0.2) is 61.4 Å². The van der Waals surface area contributed by atoms with Gasteiger partial charge in [0.25, 0.3) is 5.56 Å². The molecule has 10 heteroatoms. The molecule has 1 unspecified atom stereocenters. The topological polar surface area (TPSA) is 102 Å². The van der Waals surface area contributed by atoms with E-state index in [1.807, 2.05) is 72.3 Å². The minimum atomic E-state index is -0.249. The van der Waals surface area contributed by atoms with Gasteiger partial charge in [0.1, 0.15) is 23.2 Å². The molecule has 0 amide bonds. The first kappa shape index (κ1) is 29.2. The number of anilines is 2. The standard InChI is InChI=1S/C36H34N8O2/c1-25-16-17-38-33(25)15-10-26-19-27-20-39-36(40-28-11-13-31(14-12-28)46-32-9-6-18-42(2)23-32)41-34(27)43(35(26)45)22-30-21-37-24-44(30)29-7-4-3-5-8-29/h3-5,7-8,11-14,17,19-21,24,32H,6,9,16,18,22-23H2,1-2H3,(H,39,40,41). The fourth-order valence-corrected chi connectivity index (χ4v) is 5.78. The molecule has 1 atom stereocenters. The largest absolute Gasteiger partial charge is 0.489 e. The van der Waals surface area contributed by atoms with Crippen LogP contribution in [-0.2, 0) is 6.54 Å². The smallest absolute Gasteiger partial charge is 0.268 e. The average molecular weight is 611 g/mol. The maximum atomic E-state index is 14.0.